The van der Waals surface area contributed by atoms with Crippen LogP contribution >= 0.6 is 11.6 Å². The monoisotopic (exact) mass is 354 g/mol. The largest absolute Gasteiger partial charge is 0.309 e. The Morgan fingerprint density at radius 2 is 2.16 bits per heavy atom. The summed E-state index contributed by atoms with van der Waals surface area (Å²) in [5.74, 6) is 0.140. The van der Waals surface area contributed by atoms with Gasteiger partial charge in [-0.2, -0.15) is 5.26 Å². The van der Waals surface area contributed by atoms with Gasteiger partial charge >= 0.3 is 0 Å². The summed E-state index contributed by atoms with van der Waals surface area (Å²) in [6.07, 6.45) is 9.72. The predicted molar refractivity (Wildman–Crippen MR) is 93.4 cm³/mol. The Bertz CT molecular complexity index is 826. The summed E-state index contributed by atoms with van der Waals surface area (Å²) < 4.78 is 0. The topological polar surface area (TPSA) is 94.8 Å². The molecule has 0 aromatic carbocycles. The van der Waals surface area contributed by atoms with Gasteiger partial charge in [-0.1, -0.05) is 23.7 Å². The highest BCUT2D eigenvalue weighted by molar-refractivity contribution is 6.29. The molecule has 0 aliphatic carbocycles. The maximum absolute atomic E-state index is 12.0. The molecule has 2 aromatic heterocycles. The summed E-state index contributed by atoms with van der Waals surface area (Å²) in [4.78, 5) is 26.0. The number of halogens is 1. The Kier molecular flexibility index (Phi) is 5.21. The third-order valence-electron chi connectivity index (χ3n) is 3.70. The minimum atomic E-state index is -0.210. The Morgan fingerprint density at radius 3 is 2.84 bits per heavy atom. The van der Waals surface area contributed by atoms with Gasteiger partial charge in [0.1, 0.15) is 5.15 Å². The van der Waals surface area contributed by atoms with Crippen molar-refractivity contribution in [1.29, 1.82) is 5.26 Å². The number of aromatic nitrogens is 3. The molecule has 0 unspecified atom stereocenters. The van der Waals surface area contributed by atoms with Crippen molar-refractivity contribution in [3.05, 3.63) is 53.2 Å². The lowest BCUT2D eigenvalue weighted by Crippen LogP contribution is -2.24. The number of anilines is 1. The normalized spacial score (nSPS) is 13.8. The highest BCUT2D eigenvalue weighted by Crippen LogP contribution is 2.19. The van der Waals surface area contributed by atoms with Crippen LogP contribution in [0.5, 0.6) is 0 Å². The van der Waals surface area contributed by atoms with Crippen molar-refractivity contribution in [1.82, 2.24) is 19.9 Å². The molecular weight excluding hydrogens is 340 g/mol. The van der Waals surface area contributed by atoms with Gasteiger partial charge < -0.3 is 10.2 Å². The molecule has 0 fully saturated rings. The molecule has 2 aromatic rings. The number of rotatable bonds is 4. The average Bonchev–Trinajstić information content (AvgIpc) is 2.64. The summed E-state index contributed by atoms with van der Waals surface area (Å²) in [6, 6.07) is 3.74. The number of nitrogens with one attached hydrogen (secondary N) is 1. The Balaban J connectivity index is 1.61. The molecule has 0 saturated carbocycles. The van der Waals surface area contributed by atoms with Crippen molar-refractivity contribution in [2.24, 2.45) is 0 Å². The molecule has 3 heterocycles. The number of carbonyl (C=O) groups excluding carboxylic acids is 1. The average molecular weight is 355 g/mol. The molecule has 0 saturated heterocycles. The summed E-state index contributed by atoms with van der Waals surface area (Å²) >= 11 is 5.66. The van der Waals surface area contributed by atoms with Crippen LogP contribution in [0, 0.1) is 11.5 Å². The van der Waals surface area contributed by atoms with Gasteiger partial charge in [-0.3, -0.25) is 9.78 Å². The van der Waals surface area contributed by atoms with E-state index in [1.165, 1.54) is 12.4 Å². The second-order valence-electron chi connectivity index (χ2n) is 5.54. The van der Waals surface area contributed by atoms with E-state index in [2.05, 4.69) is 32.5 Å². The fourth-order valence-corrected chi connectivity index (χ4v) is 2.58. The number of hydrogen-bond acceptors (Lipinski definition) is 6. The third-order valence-corrected chi connectivity index (χ3v) is 3.89. The minimum Gasteiger partial charge on any atom is -0.309 e. The van der Waals surface area contributed by atoms with Crippen molar-refractivity contribution in [3.63, 3.8) is 0 Å². The first-order valence-corrected chi connectivity index (χ1v) is 8.08. The zero-order chi connectivity index (χ0) is 17.6. The van der Waals surface area contributed by atoms with Gasteiger partial charge in [-0.15, -0.1) is 0 Å². The summed E-state index contributed by atoms with van der Waals surface area (Å²) in [7, 11) is 0. The van der Waals surface area contributed by atoms with Gasteiger partial charge in [0, 0.05) is 12.7 Å². The van der Waals surface area contributed by atoms with Crippen LogP contribution in [-0.2, 0) is 11.2 Å². The molecule has 25 heavy (non-hydrogen) atoms. The van der Waals surface area contributed by atoms with Crippen molar-refractivity contribution in [3.8, 4) is 6.19 Å². The van der Waals surface area contributed by atoms with E-state index < -0.39 is 0 Å². The number of nitriles is 1. The smallest absolute Gasteiger partial charge is 0.230 e. The highest BCUT2D eigenvalue weighted by atomic mass is 35.5. The Labute approximate surface area is 150 Å². The molecular formula is C17H15ClN6O. The first-order chi connectivity index (χ1) is 12.1. The number of nitrogens with zero attached hydrogens (tertiary/aromatic N) is 5. The highest BCUT2D eigenvalue weighted by Gasteiger charge is 2.13. The summed E-state index contributed by atoms with van der Waals surface area (Å²) in [5.41, 5.74) is 2.64. The van der Waals surface area contributed by atoms with Crippen LogP contribution < -0.4 is 5.32 Å². The lowest BCUT2D eigenvalue weighted by Gasteiger charge is -2.21. The standard InChI is InChI=1S/C17H15ClN6O/c18-15-8-22-16(9-21-15)23-17(25)6-12-3-4-14(20-7-12)13-2-1-5-24(10-13)11-19/h2-4,7-9H,1,5-6,10H2,(H,22,23,25). The first kappa shape index (κ1) is 16.9. The molecule has 1 amide bonds. The van der Waals surface area contributed by atoms with E-state index in [1.807, 2.05) is 12.1 Å². The zero-order valence-electron chi connectivity index (χ0n) is 13.3. The third kappa shape index (κ3) is 4.52. The zero-order valence-corrected chi connectivity index (χ0v) is 14.1. The van der Waals surface area contributed by atoms with Crippen LogP contribution in [-0.4, -0.2) is 38.8 Å². The van der Waals surface area contributed by atoms with Gasteiger partial charge in [0.25, 0.3) is 0 Å². The molecule has 0 radical (unpaired) electrons. The first-order valence-electron chi connectivity index (χ1n) is 7.70. The molecule has 1 N–H and O–H groups in total. The van der Waals surface area contributed by atoms with E-state index in [-0.39, 0.29) is 17.5 Å². The van der Waals surface area contributed by atoms with Crippen LogP contribution in [0.2, 0.25) is 5.15 Å². The maximum Gasteiger partial charge on any atom is 0.230 e. The summed E-state index contributed by atoms with van der Waals surface area (Å²) in [6.45, 7) is 1.31. The SMILES string of the molecule is N#CN1CCC=C(c2ccc(CC(=O)Nc3cnc(Cl)cn3)cn2)C1. The van der Waals surface area contributed by atoms with E-state index in [1.54, 1.807) is 11.1 Å². The van der Waals surface area contributed by atoms with Crippen LogP contribution in [0.3, 0.4) is 0 Å². The van der Waals surface area contributed by atoms with Crippen molar-refractivity contribution >= 4 is 28.9 Å². The fraction of sp³-hybridized carbons (Fsp3) is 0.235. The van der Waals surface area contributed by atoms with Crippen molar-refractivity contribution < 1.29 is 4.79 Å². The van der Waals surface area contributed by atoms with Gasteiger partial charge in [0.15, 0.2) is 12.0 Å². The van der Waals surface area contributed by atoms with Crippen molar-refractivity contribution in [2.75, 3.05) is 18.4 Å². The molecule has 7 nitrogen and oxygen atoms in total. The van der Waals surface area contributed by atoms with Crippen molar-refractivity contribution in [2.45, 2.75) is 12.8 Å². The second kappa shape index (κ2) is 7.73. The van der Waals surface area contributed by atoms with Crippen LogP contribution in [0.1, 0.15) is 17.7 Å². The Hall–Kier alpha value is -2.98. The number of hydrogen-bond donors (Lipinski definition) is 1. The molecule has 0 bridgehead atoms. The lowest BCUT2D eigenvalue weighted by atomic mass is 10.1. The van der Waals surface area contributed by atoms with Gasteiger partial charge in [-0.25, -0.2) is 9.97 Å². The second-order valence-corrected chi connectivity index (χ2v) is 5.93. The van der Waals surface area contributed by atoms with E-state index in [0.29, 0.717) is 12.4 Å². The van der Waals surface area contributed by atoms with Crippen LogP contribution in [0.25, 0.3) is 5.57 Å². The molecule has 126 valence electrons. The Morgan fingerprint density at radius 1 is 1.28 bits per heavy atom. The van der Waals surface area contributed by atoms with E-state index in [9.17, 15) is 4.79 Å². The van der Waals surface area contributed by atoms with E-state index in [4.69, 9.17) is 16.9 Å². The lowest BCUT2D eigenvalue weighted by molar-refractivity contribution is -0.115. The molecule has 3 rings (SSSR count). The van der Waals surface area contributed by atoms with Gasteiger partial charge in [0.05, 0.1) is 31.1 Å². The molecule has 1 aliphatic heterocycles. The quantitative estimate of drug-likeness (QED) is 0.846. The van der Waals surface area contributed by atoms with Crippen LogP contribution in [0.15, 0.2) is 36.8 Å². The number of carbonyl (C=O) groups is 1. The molecule has 0 atom stereocenters. The van der Waals surface area contributed by atoms with E-state index >= 15 is 0 Å². The summed E-state index contributed by atoms with van der Waals surface area (Å²) in [5, 5.41) is 11.9. The number of pyridine rings is 1. The van der Waals surface area contributed by atoms with Gasteiger partial charge in [-0.05, 0) is 23.6 Å². The predicted octanol–water partition coefficient (Wildman–Crippen LogP) is 2.28. The molecule has 1 aliphatic rings. The van der Waals surface area contributed by atoms with Crippen LogP contribution in [0.4, 0.5) is 5.82 Å². The maximum atomic E-state index is 12.0. The fourth-order valence-electron chi connectivity index (χ4n) is 2.48. The molecule has 0 spiro atoms. The number of amides is 1. The molecule has 8 heteroatoms. The minimum absolute atomic E-state index is 0.182. The van der Waals surface area contributed by atoms with Gasteiger partial charge in [0.2, 0.25) is 5.91 Å². The van der Waals surface area contributed by atoms with E-state index in [0.717, 1.165) is 29.8 Å².